The van der Waals surface area contributed by atoms with Crippen LogP contribution in [0.15, 0.2) is 29.3 Å². The number of halogens is 2. The van der Waals surface area contributed by atoms with E-state index in [1.165, 1.54) is 6.33 Å². The maximum Gasteiger partial charge on any atom is 0.278 e. The molecule has 0 unspecified atom stereocenters. The van der Waals surface area contributed by atoms with Crippen LogP contribution in [0.2, 0.25) is 10.0 Å². The molecule has 28 heavy (non-hydrogen) atoms. The smallest absolute Gasteiger partial charge is 0.278 e. The van der Waals surface area contributed by atoms with E-state index in [1.54, 1.807) is 17.0 Å². The van der Waals surface area contributed by atoms with Gasteiger partial charge in [-0.05, 0) is 17.7 Å². The van der Waals surface area contributed by atoms with E-state index in [4.69, 9.17) is 34.8 Å². The normalized spacial score (nSPS) is 20.1. The predicted molar refractivity (Wildman–Crippen MR) is 109 cm³/mol. The van der Waals surface area contributed by atoms with E-state index in [1.807, 2.05) is 0 Å². The lowest BCUT2D eigenvalue weighted by molar-refractivity contribution is 0.0365. The van der Waals surface area contributed by atoms with Gasteiger partial charge < -0.3 is 14.6 Å². The third kappa shape index (κ3) is 4.30. The van der Waals surface area contributed by atoms with Gasteiger partial charge in [-0.3, -0.25) is 14.7 Å². The number of imidazole rings is 1. The van der Waals surface area contributed by atoms with Gasteiger partial charge in [0.15, 0.2) is 11.2 Å². The van der Waals surface area contributed by atoms with Crippen molar-refractivity contribution in [3.05, 3.63) is 50.5 Å². The van der Waals surface area contributed by atoms with Gasteiger partial charge in [0.1, 0.15) is 0 Å². The largest absolute Gasteiger partial charge is 0.379 e. The molecular formula is C18H20Cl2N6O2. The topological polar surface area (TPSA) is 88.1 Å². The molecule has 0 radical (unpaired) electrons. The lowest BCUT2D eigenvalue weighted by Crippen LogP contribution is -2.38. The van der Waals surface area contributed by atoms with Gasteiger partial charge in [-0.2, -0.15) is 4.98 Å². The number of ether oxygens (including phenoxy) is 1. The average molecular weight is 428 g/mol. The molecular weight excluding hydrogens is 403 g/mol. The number of fused-ring (bicyclic) bond motifs is 1. The number of hydrogen-bond donors (Lipinski definition) is 2. The van der Waals surface area contributed by atoms with Crippen molar-refractivity contribution in [2.45, 2.75) is 13.0 Å². The molecule has 0 amide bonds. The Morgan fingerprint density at radius 3 is 3.14 bits per heavy atom. The summed E-state index contributed by atoms with van der Waals surface area (Å²) >= 11 is 11.9. The van der Waals surface area contributed by atoms with Crippen LogP contribution in [0.25, 0.3) is 11.2 Å². The minimum atomic E-state index is -2.05. The first-order valence-electron chi connectivity index (χ1n) is 11.0. The van der Waals surface area contributed by atoms with Gasteiger partial charge >= 0.3 is 0 Å². The molecule has 0 spiro atoms. The van der Waals surface area contributed by atoms with Crippen molar-refractivity contribution in [2.24, 2.45) is 0 Å². The average Bonchev–Trinajstić information content (AvgIpc) is 3.16. The summed E-state index contributed by atoms with van der Waals surface area (Å²) in [6.07, 6.45) is 1.20. The van der Waals surface area contributed by atoms with Crippen molar-refractivity contribution in [3.8, 4) is 0 Å². The Labute approximate surface area is 178 Å². The molecule has 1 aliphatic heterocycles. The van der Waals surface area contributed by atoms with Crippen molar-refractivity contribution in [3.63, 3.8) is 0 Å². The first kappa shape index (κ1) is 13.9. The van der Waals surface area contributed by atoms with Gasteiger partial charge in [0.25, 0.3) is 5.56 Å². The minimum absolute atomic E-state index is 0.0439. The Bertz CT molecular complexity index is 1250. The number of morpholine rings is 1. The van der Waals surface area contributed by atoms with E-state index < -0.39 is 18.6 Å². The molecule has 1 aliphatic rings. The number of hydrogen-bond acceptors (Lipinski definition) is 6. The number of nitrogens with zero attached hydrogens (tertiary/aromatic N) is 4. The van der Waals surface area contributed by atoms with Crippen molar-refractivity contribution in [1.82, 2.24) is 24.4 Å². The summed E-state index contributed by atoms with van der Waals surface area (Å²) in [6.45, 7) is -3.52. The number of aromatic nitrogens is 4. The molecule has 3 heterocycles. The van der Waals surface area contributed by atoms with Crippen LogP contribution >= 0.6 is 23.2 Å². The second kappa shape index (κ2) is 8.48. The molecule has 10 heteroatoms. The number of benzene rings is 1. The van der Waals surface area contributed by atoms with E-state index in [0.717, 1.165) is 4.57 Å². The van der Waals surface area contributed by atoms with E-state index >= 15 is 0 Å². The van der Waals surface area contributed by atoms with Gasteiger partial charge in [-0.1, -0.05) is 29.3 Å². The second-order valence-electron chi connectivity index (χ2n) is 6.06. The molecule has 0 saturated carbocycles. The molecule has 148 valence electrons. The second-order valence-corrected chi connectivity index (χ2v) is 6.85. The van der Waals surface area contributed by atoms with Crippen LogP contribution in [0.5, 0.6) is 0 Å². The molecule has 0 atom stereocenters. The highest BCUT2D eigenvalue weighted by molar-refractivity contribution is 6.42. The monoisotopic (exact) mass is 427 g/mol. The van der Waals surface area contributed by atoms with Crippen LogP contribution in [0, 0.1) is 0 Å². The standard InChI is InChI=1S/C18H20Cl2N6O2/c19-13-2-1-12(9-14(13)20)10-21-18-23-16-15(17(27)24-18)26(11-22-16)4-3-25-5-7-28-8-6-25/h1-2,9,11H,3-8,10H2,(H2,21,23,24,27)/i4D2,7D2,9D. The van der Waals surface area contributed by atoms with Gasteiger partial charge in [-0.15, -0.1) is 0 Å². The fourth-order valence-electron chi connectivity index (χ4n) is 2.68. The molecule has 1 aromatic carbocycles. The third-order valence-corrected chi connectivity index (χ3v) is 4.84. The Morgan fingerprint density at radius 2 is 2.29 bits per heavy atom. The summed E-state index contributed by atoms with van der Waals surface area (Å²) < 4.78 is 46.6. The van der Waals surface area contributed by atoms with Gasteiger partial charge in [0.2, 0.25) is 5.95 Å². The molecule has 3 aromatic rings. The van der Waals surface area contributed by atoms with Crippen molar-refractivity contribution >= 4 is 40.3 Å². The zero-order chi connectivity index (χ0) is 24.0. The summed E-state index contributed by atoms with van der Waals surface area (Å²) in [5.74, 6) is 0.102. The molecule has 4 rings (SSSR count). The van der Waals surface area contributed by atoms with Gasteiger partial charge in [0.05, 0.1) is 36.4 Å². The van der Waals surface area contributed by atoms with Gasteiger partial charge in [-0.25, -0.2) is 4.98 Å². The summed E-state index contributed by atoms with van der Waals surface area (Å²) in [5, 5.41) is 3.31. The van der Waals surface area contributed by atoms with E-state index in [0.29, 0.717) is 12.1 Å². The highest BCUT2D eigenvalue weighted by Crippen LogP contribution is 2.22. The summed E-state index contributed by atoms with van der Waals surface area (Å²) in [5.41, 5.74) is -0.0546. The molecule has 0 aliphatic carbocycles. The van der Waals surface area contributed by atoms with Crippen molar-refractivity contribution < 1.29 is 11.6 Å². The van der Waals surface area contributed by atoms with Gasteiger partial charge in [0, 0.05) is 32.7 Å². The van der Waals surface area contributed by atoms with Crippen LogP contribution in [0.1, 0.15) is 12.4 Å². The number of aromatic amines is 1. The maximum absolute atomic E-state index is 12.8. The van der Waals surface area contributed by atoms with Crippen LogP contribution in [-0.2, 0) is 17.8 Å². The van der Waals surface area contributed by atoms with E-state index in [-0.39, 0.29) is 59.4 Å². The molecule has 2 N–H and O–H groups in total. The van der Waals surface area contributed by atoms with E-state index in [9.17, 15) is 4.79 Å². The summed E-state index contributed by atoms with van der Waals surface area (Å²) in [4.78, 5) is 25.3. The Morgan fingerprint density at radius 1 is 1.39 bits per heavy atom. The maximum atomic E-state index is 12.8. The number of anilines is 1. The quantitative estimate of drug-likeness (QED) is 0.627. The first-order chi connectivity index (χ1) is 15.5. The van der Waals surface area contributed by atoms with Crippen LogP contribution in [0.4, 0.5) is 5.95 Å². The van der Waals surface area contributed by atoms with Crippen molar-refractivity contribution in [2.75, 3.05) is 38.1 Å². The molecule has 1 saturated heterocycles. The van der Waals surface area contributed by atoms with Crippen LogP contribution in [0.3, 0.4) is 0 Å². The van der Waals surface area contributed by atoms with E-state index in [2.05, 4.69) is 20.3 Å². The number of H-pyrrole nitrogens is 1. The minimum Gasteiger partial charge on any atom is -0.379 e. The SMILES string of the molecule is [2H]c1c(CNc2nc3ncn(C([2H])([2H])CN4CCOC([2H])([2H])C4)c3c(=O)[nH]2)ccc(Cl)c1Cl. The Balaban J connectivity index is 1.55. The molecule has 1 fully saturated rings. The Kier molecular flexibility index (Phi) is 4.23. The predicted octanol–water partition coefficient (Wildman–Crippen LogP) is 2.37. The number of rotatable bonds is 6. The highest BCUT2D eigenvalue weighted by atomic mass is 35.5. The molecule has 0 bridgehead atoms. The first-order valence-corrected chi connectivity index (χ1v) is 9.24. The fraction of sp³-hybridized carbons (Fsp3) is 0.389. The molecule has 2 aromatic heterocycles. The van der Waals surface area contributed by atoms with Crippen molar-refractivity contribution in [1.29, 1.82) is 0 Å². The zero-order valence-electron chi connectivity index (χ0n) is 19.6. The Hall–Kier alpha value is -2.13. The number of nitrogens with one attached hydrogen (secondary N) is 2. The summed E-state index contributed by atoms with van der Waals surface area (Å²) in [6, 6.07) is 3.27. The highest BCUT2D eigenvalue weighted by Gasteiger charge is 2.14. The lowest BCUT2D eigenvalue weighted by Gasteiger charge is -2.26. The van der Waals surface area contributed by atoms with Crippen LogP contribution in [-0.4, -0.2) is 57.2 Å². The third-order valence-electron chi connectivity index (χ3n) is 4.13. The fourth-order valence-corrected chi connectivity index (χ4v) is 2.98. The molecule has 8 nitrogen and oxygen atoms in total. The zero-order valence-corrected chi connectivity index (χ0v) is 16.1. The van der Waals surface area contributed by atoms with Crippen LogP contribution < -0.4 is 10.9 Å². The summed E-state index contributed by atoms with van der Waals surface area (Å²) in [7, 11) is 0. The lowest BCUT2D eigenvalue weighted by atomic mass is 10.2.